The van der Waals surface area contributed by atoms with Gasteiger partial charge in [0.05, 0.1) is 6.61 Å². The predicted molar refractivity (Wildman–Crippen MR) is 68.4 cm³/mol. The van der Waals surface area contributed by atoms with Crippen molar-refractivity contribution in [3.8, 4) is 0 Å². The number of hydrogen-bond acceptors (Lipinski definition) is 2. The lowest BCUT2D eigenvalue weighted by molar-refractivity contribution is -0.141. The highest BCUT2D eigenvalue weighted by Gasteiger charge is 2.49. The first-order chi connectivity index (χ1) is 7.95. The van der Waals surface area contributed by atoms with Crippen molar-refractivity contribution < 1.29 is 9.53 Å². The Morgan fingerprint density at radius 1 is 1.35 bits per heavy atom. The quantitative estimate of drug-likeness (QED) is 0.552. The number of carbonyl (C=O) groups excluding carboxylic acids is 1. The van der Waals surface area contributed by atoms with Crippen LogP contribution in [-0.4, -0.2) is 12.6 Å². The van der Waals surface area contributed by atoms with E-state index in [0.29, 0.717) is 6.61 Å². The first-order valence-corrected chi connectivity index (χ1v) is 6.74. The van der Waals surface area contributed by atoms with E-state index in [1.807, 2.05) is 0 Å². The van der Waals surface area contributed by atoms with Gasteiger partial charge in [0.1, 0.15) is 0 Å². The number of esters is 1. The maximum atomic E-state index is 11.1. The maximum Gasteiger partial charge on any atom is 0.330 e. The highest BCUT2D eigenvalue weighted by Crippen LogP contribution is 2.56. The Kier molecular flexibility index (Phi) is 3.33. The van der Waals surface area contributed by atoms with Crippen LogP contribution in [0.4, 0.5) is 0 Å². The lowest BCUT2D eigenvalue weighted by Crippen LogP contribution is -2.22. The molecule has 2 nitrogen and oxygen atoms in total. The molecule has 0 aromatic heterocycles. The largest absolute Gasteiger partial charge is 0.462 e. The molecule has 0 N–H and O–H groups in total. The zero-order chi connectivity index (χ0) is 12.6. The summed E-state index contributed by atoms with van der Waals surface area (Å²) in [5, 5.41) is 0. The number of carbonyl (C=O) groups is 1. The molecule has 0 aromatic carbocycles. The molecule has 2 aliphatic rings. The molecular formula is C15H24O2. The molecular weight excluding hydrogens is 212 g/mol. The molecule has 0 radical (unpaired) electrons. The van der Waals surface area contributed by atoms with Crippen LogP contribution in [0, 0.1) is 29.1 Å². The minimum Gasteiger partial charge on any atom is -0.462 e. The molecule has 0 aliphatic heterocycles. The Labute approximate surface area is 104 Å². The molecule has 0 bridgehead atoms. The lowest BCUT2D eigenvalue weighted by atomic mass is 9.87. The highest BCUT2D eigenvalue weighted by molar-refractivity contribution is 5.81. The smallest absolute Gasteiger partial charge is 0.330 e. The summed E-state index contributed by atoms with van der Waals surface area (Å²) >= 11 is 0. The van der Waals surface area contributed by atoms with Crippen molar-refractivity contribution in [3.63, 3.8) is 0 Å². The highest BCUT2D eigenvalue weighted by atomic mass is 16.5. The summed E-state index contributed by atoms with van der Waals surface area (Å²) in [7, 11) is 0. The van der Waals surface area contributed by atoms with Gasteiger partial charge in [-0.2, -0.15) is 0 Å². The minimum atomic E-state index is -0.290. The van der Waals surface area contributed by atoms with Crippen molar-refractivity contribution in [2.75, 3.05) is 6.61 Å². The van der Waals surface area contributed by atoms with Gasteiger partial charge in [-0.15, -0.1) is 0 Å². The monoisotopic (exact) mass is 236 g/mol. The van der Waals surface area contributed by atoms with E-state index in [4.69, 9.17) is 4.74 Å². The van der Waals surface area contributed by atoms with Crippen LogP contribution in [0.25, 0.3) is 0 Å². The van der Waals surface area contributed by atoms with Crippen molar-refractivity contribution >= 4 is 5.97 Å². The third-order valence-corrected chi connectivity index (χ3v) is 4.73. The Balaban J connectivity index is 1.89. The zero-order valence-corrected chi connectivity index (χ0v) is 11.2. The van der Waals surface area contributed by atoms with Crippen molar-refractivity contribution in [2.24, 2.45) is 29.1 Å². The van der Waals surface area contributed by atoms with E-state index in [1.54, 1.807) is 0 Å². The van der Waals surface area contributed by atoms with E-state index in [9.17, 15) is 4.79 Å². The second kappa shape index (κ2) is 4.47. The fourth-order valence-corrected chi connectivity index (χ4v) is 3.73. The van der Waals surface area contributed by atoms with Gasteiger partial charge in [-0.25, -0.2) is 4.79 Å². The second-order valence-electron chi connectivity index (χ2n) is 6.55. The van der Waals surface area contributed by atoms with Gasteiger partial charge in [0.2, 0.25) is 0 Å². The fourth-order valence-electron chi connectivity index (χ4n) is 3.73. The molecule has 2 rings (SSSR count). The summed E-state index contributed by atoms with van der Waals surface area (Å²) in [6.45, 7) is 11.0. The first kappa shape index (κ1) is 12.7. The van der Waals surface area contributed by atoms with E-state index in [2.05, 4.69) is 27.4 Å². The topological polar surface area (TPSA) is 26.3 Å². The molecule has 0 amide bonds. The molecule has 2 saturated carbocycles. The van der Waals surface area contributed by atoms with Crippen LogP contribution < -0.4 is 0 Å². The van der Waals surface area contributed by atoms with Crippen LogP contribution in [0.2, 0.25) is 0 Å². The van der Waals surface area contributed by atoms with E-state index in [0.717, 1.165) is 23.7 Å². The van der Waals surface area contributed by atoms with Gasteiger partial charge < -0.3 is 4.74 Å². The third-order valence-electron chi connectivity index (χ3n) is 4.73. The zero-order valence-electron chi connectivity index (χ0n) is 11.2. The van der Waals surface area contributed by atoms with E-state index >= 15 is 0 Å². The molecule has 5 unspecified atom stereocenters. The van der Waals surface area contributed by atoms with E-state index in [-0.39, 0.29) is 11.4 Å². The average molecular weight is 236 g/mol. The van der Waals surface area contributed by atoms with Gasteiger partial charge in [0.25, 0.3) is 0 Å². The van der Waals surface area contributed by atoms with Gasteiger partial charge in [0.15, 0.2) is 0 Å². The van der Waals surface area contributed by atoms with Crippen molar-refractivity contribution in [1.82, 2.24) is 0 Å². The van der Waals surface area contributed by atoms with Gasteiger partial charge in [-0.05, 0) is 42.9 Å². The Morgan fingerprint density at radius 3 is 2.53 bits per heavy atom. The van der Waals surface area contributed by atoms with Crippen molar-refractivity contribution in [2.45, 2.75) is 40.0 Å². The number of rotatable bonds is 4. The van der Waals surface area contributed by atoms with Crippen LogP contribution in [-0.2, 0) is 9.53 Å². The maximum absolute atomic E-state index is 11.1. The summed E-state index contributed by atoms with van der Waals surface area (Å²) in [6, 6.07) is 0. The number of ether oxygens (including phenoxy) is 1. The van der Waals surface area contributed by atoms with Crippen molar-refractivity contribution in [3.05, 3.63) is 12.7 Å². The summed E-state index contributed by atoms with van der Waals surface area (Å²) < 4.78 is 5.24. The molecule has 0 heterocycles. The first-order valence-electron chi connectivity index (χ1n) is 6.74. The van der Waals surface area contributed by atoms with Gasteiger partial charge >= 0.3 is 5.97 Å². The van der Waals surface area contributed by atoms with Gasteiger partial charge in [0, 0.05) is 11.5 Å². The normalized spacial score (nSPS) is 44.4. The van der Waals surface area contributed by atoms with Crippen LogP contribution in [0.3, 0.4) is 0 Å². The molecule has 0 aromatic rings. The van der Waals surface area contributed by atoms with Crippen LogP contribution in [0.5, 0.6) is 0 Å². The fraction of sp³-hybridized carbons (Fsp3) is 0.800. The predicted octanol–water partition coefficient (Wildman–Crippen LogP) is 3.42. The molecule has 0 spiro atoms. The van der Waals surface area contributed by atoms with Gasteiger partial charge in [-0.1, -0.05) is 27.4 Å². The molecule has 0 saturated heterocycles. The van der Waals surface area contributed by atoms with Crippen LogP contribution in [0.15, 0.2) is 12.7 Å². The molecule has 2 heteroatoms. The third kappa shape index (κ3) is 2.72. The summed E-state index contributed by atoms with van der Waals surface area (Å²) in [6.07, 6.45) is 5.05. The molecule has 5 atom stereocenters. The minimum absolute atomic E-state index is 0.186. The summed E-state index contributed by atoms with van der Waals surface area (Å²) in [5.41, 5.74) is 0.186. The lowest BCUT2D eigenvalue weighted by Gasteiger charge is -2.23. The molecule has 2 aliphatic carbocycles. The Bertz CT molecular complexity index is 323. The van der Waals surface area contributed by atoms with Gasteiger partial charge in [-0.3, -0.25) is 0 Å². The molecule has 2 fully saturated rings. The van der Waals surface area contributed by atoms with E-state index < -0.39 is 0 Å². The van der Waals surface area contributed by atoms with Crippen LogP contribution >= 0.6 is 0 Å². The van der Waals surface area contributed by atoms with Crippen molar-refractivity contribution in [1.29, 1.82) is 0 Å². The van der Waals surface area contributed by atoms with E-state index in [1.165, 1.54) is 25.3 Å². The van der Waals surface area contributed by atoms with Crippen LogP contribution in [0.1, 0.15) is 40.0 Å². The number of hydrogen-bond donors (Lipinski definition) is 0. The summed E-state index contributed by atoms with van der Waals surface area (Å²) in [4.78, 5) is 11.1. The molecule has 96 valence electrons. The Morgan fingerprint density at radius 2 is 2.00 bits per heavy atom. The average Bonchev–Trinajstić information content (AvgIpc) is 2.91. The standard InChI is InChI=1S/C15H24O2/c1-5-14(16)17-9-15(4)7-11(3)13(8-15)12-6-10(12)2/h5,10-13H,1,6-9H2,2-4H3. The summed E-state index contributed by atoms with van der Waals surface area (Å²) in [5.74, 6) is 3.18. The SMILES string of the molecule is C=CC(=O)OCC1(C)CC(C)C(C2CC2C)C1. The Hall–Kier alpha value is -0.790. The second-order valence-corrected chi connectivity index (χ2v) is 6.55. The molecule has 17 heavy (non-hydrogen) atoms.